The van der Waals surface area contributed by atoms with Crippen molar-refractivity contribution in [3.8, 4) is 0 Å². The van der Waals surface area contributed by atoms with Gasteiger partial charge >= 0.3 is 90.0 Å². The Balaban J connectivity index is 4.24. The molecule has 0 unspecified atom stereocenters. The van der Waals surface area contributed by atoms with E-state index in [2.05, 4.69) is 5.76 Å². The Morgan fingerprint density at radius 3 is 1.75 bits per heavy atom. The van der Waals surface area contributed by atoms with Gasteiger partial charge in [-0.3, -0.25) is 0 Å². The van der Waals surface area contributed by atoms with Gasteiger partial charge in [0.2, 0.25) is 0 Å². The molecule has 12 heavy (non-hydrogen) atoms. The summed E-state index contributed by atoms with van der Waals surface area (Å²) >= 11 is -1.47. The van der Waals surface area contributed by atoms with Crippen LogP contribution in [0.25, 0.3) is 0 Å². The number of hydrogen-bond donors (Lipinski definition) is 0. The molecule has 0 fully saturated rings. The molecule has 1 radical (unpaired) electrons. The zero-order chi connectivity index (χ0) is 9.61. The molecule has 0 spiro atoms. The molecule has 0 aromatic carbocycles. The van der Waals surface area contributed by atoms with Crippen molar-refractivity contribution in [2.45, 2.75) is 10.6 Å². The van der Waals surface area contributed by atoms with Gasteiger partial charge in [-0.05, 0) is 0 Å². The molecule has 73 valence electrons. The predicted molar refractivity (Wildman–Crippen MR) is 63.3 cm³/mol. The molecule has 9 heteroatoms. The van der Waals surface area contributed by atoms with Gasteiger partial charge in [0.15, 0.2) is 0 Å². The third kappa shape index (κ3) is 3.19. The first kappa shape index (κ1) is 13.3. The van der Waals surface area contributed by atoms with E-state index in [-0.39, 0.29) is 0 Å². The summed E-state index contributed by atoms with van der Waals surface area (Å²) in [5, 5.41) is 0. The second-order valence-corrected chi connectivity index (χ2v) is 9.35. The fraction of sp³-hybridized carbons (Fsp3) is 1.00. The SMILES string of the molecule is [CH3][Ge]([CH2]O[SiH3])[C](O[SiH3])(O[SiH3])O[SiH3]. The molecular weight excluding hydrogens is 285 g/mol. The summed E-state index contributed by atoms with van der Waals surface area (Å²) in [5.41, 5.74) is 0.818. The van der Waals surface area contributed by atoms with E-state index in [0.717, 1.165) is 15.9 Å². The summed E-state index contributed by atoms with van der Waals surface area (Å²) < 4.78 is 21.5. The molecule has 0 aromatic heterocycles. The average molecular weight is 302 g/mol. The Kier molecular flexibility index (Phi) is 7.36. The minimum absolute atomic E-state index is 0.616. The second kappa shape index (κ2) is 6.67. The van der Waals surface area contributed by atoms with Crippen molar-refractivity contribution in [1.29, 1.82) is 0 Å². The van der Waals surface area contributed by atoms with Crippen LogP contribution < -0.4 is 0 Å². The van der Waals surface area contributed by atoms with Gasteiger partial charge in [0.25, 0.3) is 0 Å². The molecule has 0 saturated heterocycles. The van der Waals surface area contributed by atoms with Crippen LogP contribution in [0, 0.1) is 0 Å². The van der Waals surface area contributed by atoms with Gasteiger partial charge < -0.3 is 0 Å². The van der Waals surface area contributed by atoms with Crippen LogP contribution in [-0.4, -0.2) is 66.5 Å². The van der Waals surface area contributed by atoms with E-state index in [9.17, 15) is 0 Å². The monoisotopic (exact) mass is 303 g/mol. The van der Waals surface area contributed by atoms with Crippen LogP contribution in [-0.2, 0) is 17.7 Å². The molecule has 0 heterocycles. The molecule has 0 atom stereocenters. The van der Waals surface area contributed by atoms with Gasteiger partial charge in [-0.15, -0.1) is 0 Å². The van der Waals surface area contributed by atoms with Crippen LogP contribution in [0.3, 0.4) is 0 Å². The van der Waals surface area contributed by atoms with Crippen molar-refractivity contribution in [3.05, 3.63) is 0 Å². The fourth-order valence-corrected chi connectivity index (χ4v) is 14.2. The van der Waals surface area contributed by atoms with Crippen LogP contribution in [0.5, 0.6) is 0 Å². The Bertz CT molecular complexity index is 115. The first-order chi connectivity index (χ1) is 5.66. The summed E-state index contributed by atoms with van der Waals surface area (Å²) in [6.07, 6.45) is 0. The third-order valence-corrected chi connectivity index (χ3v) is 12.4. The Morgan fingerprint density at radius 1 is 1.08 bits per heavy atom. The van der Waals surface area contributed by atoms with Crippen LogP contribution in [0.15, 0.2) is 0 Å². The summed E-state index contributed by atoms with van der Waals surface area (Å²) in [6.45, 7) is 0. The molecule has 0 aromatic rings. The summed E-state index contributed by atoms with van der Waals surface area (Å²) in [6, 6.07) is 0. The molecule has 0 rings (SSSR count). The molecule has 4 nitrogen and oxygen atoms in total. The van der Waals surface area contributed by atoms with Gasteiger partial charge in [-0.2, -0.15) is 0 Å². The third-order valence-electron chi connectivity index (χ3n) is 1.69. The Morgan fingerprint density at radius 2 is 1.50 bits per heavy atom. The Labute approximate surface area is 90.0 Å². The van der Waals surface area contributed by atoms with Crippen molar-refractivity contribution in [1.82, 2.24) is 0 Å². The van der Waals surface area contributed by atoms with E-state index in [4.69, 9.17) is 17.7 Å². The standard InChI is InChI=1S/C3H17GeO4Si4/c1-4(2-5-9)3(6-10,7-11)8-12/h2H2,1,9-12H3. The first-order valence-corrected chi connectivity index (χ1v) is 11.5. The van der Waals surface area contributed by atoms with Gasteiger partial charge in [0, 0.05) is 0 Å². The molecular formula is C3H17GeO4Si4. The molecule has 0 aliphatic carbocycles. The van der Waals surface area contributed by atoms with Crippen LogP contribution in [0.1, 0.15) is 0 Å². The zero-order valence-electron chi connectivity index (χ0n) is 8.34. The van der Waals surface area contributed by atoms with Crippen molar-refractivity contribution < 1.29 is 17.7 Å². The van der Waals surface area contributed by atoms with Crippen LogP contribution in [0.2, 0.25) is 5.76 Å². The van der Waals surface area contributed by atoms with Crippen LogP contribution in [0.4, 0.5) is 0 Å². The van der Waals surface area contributed by atoms with Crippen molar-refractivity contribution in [2.75, 3.05) is 5.44 Å². The van der Waals surface area contributed by atoms with Gasteiger partial charge in [0.05, 0.1) is 0 Å². The van der Waals surface area contributed by atoms with Gasteiger partial charge in [-0.1, -0.05) is 0 Å². The van der Waals surface area contributed by atoms with E-state index >= 15 is 0 Å². The molecule has 0 aliphatic rings. The first-order valence-electron chi connectivity index (χ1n) is 3.64. The maximum absolute atomic E-state index is 5.42. The van der Waals surface area contributed by atoms with Crippen molar-refractivity contribution in [3.63, 3.8) is 0 Å². The predicted octanol–water partition coefficient (Wildman–Crippen LogP) is -4.97. The number of rotatable bonds is 6. The molecule has 0 aliphatic heterocycles. The summed E-state index contributed by atoms with van der Waals surface area (Å²) in [5.74, 6) is 2.19. The van der Waals surface area contributed by atoms with E-state index in [1.165, 1.54) is 0 Å². The van der Waals surface area contributed by atoms with E-state index in [1.807, 2.05) is 0 Å². The van der Waals surface area contributed by atoms with Crippen LogP contribution >= 0.6 is 0 Å². The average Bonchev–Trinajstić information content (AvgIpc) is 2.09. The zero-order valence-corrected chi connectivity index (χ0v) is 18.4. The van der Waals surface area contributed by atoms with Gasteiger partial charge in [-0.25, -0.2) is 0 Å². The molecule has 0 bridgehead atoms. The summed E-state index contributed by atoms with van der Waals surface area (Å²) in [7, 11) is 2.77. The fourth-order valence-electron chi connectivity index (χ4n) is 1.08. The molecule has 0 N–H and O–H groups in total. The molecule has 0 saturated carbocycles. The number of hydrogen-bond acceptors (Lipinski definition) is 4. The van der Waals surface area contributed by atoms with Crippen molar-refractivity contribution >= 4 is 56.3 Å². The minimum atomic E-state index is -1.47. The van der Waals surface area contributed by atoms with Crippen molar-refractivity contribution in [2.24, 2.45) is 0 Å². The van der Waals surface area contributed by atoms with E-state index in [1.54, 1.807) is 0 Å². The quantitative estimate of drug-likeness (QED) is 0.364. The second-order valence-electron chi connectivity index (χ2n) is 2.38. The van der Waals surface area contributed by atoms with E-state index < -0.39 is 19.2 Å². The molecule has 0 amide bonds. The Hall–Kier alpha value is 1.25. The van der Waals surface area contributed by atoms with Gasteiger partial charge in [0.1, 0.15) is 0 Å². The topological polar surface area (TPSA) is 36.9 Å². The summed E-state index contributed by atoms with van der Waals surface area (Å²) in [4.78, 5) is -0.616. The van der Waals surface area contributed by atoms with E-state index in [0.29, 0.717) is 31.5 Å². The normalized spacial score (nSPS) is 17.5. The maximum atomic E-state index is 5.42.